The number of fused-ring (bicyclic) bond motifs is 1. The van der Waals surface area contributed by atoms with Crippen molar-refractivity contribution in [2.24, 2.45) is 0 Å². The lowest BCUT2D eigenvalue weighted by Gasteiger charge is -2.24. The molecule has 90 valence electrons. The van der Waals surface area contributed by atoms with E-state index in [2.05, 4.69) is 10.3 Å². The highest BCUT2D eigenvalue weighted by atomic mass is 35.5. The molecule has 0 aliphatic heterocycles. The molecule has 1 aliphatic rings. The lowest BCUT2D eigenvalue weighted by Crippen LogP contribution is -2.26. The van der Waals surface area contributed by atoms with Crippen molar-refractivity contribution in [2.75, 3.05) is 5.32 Å². The molecule has 0 saturated heterocycles. The van der Waals surface area contributed by atoms with Gasteiger partial charge in [0.1, 0.15) is 5.52 Å². The second-order valence-corrected chi connectivity index (χ2v) is 5.20. The van der Waals surface area contributed by atoms with Crippen LogP contribution in [0, 0.1) is 0 Å². The minimum Gasteiger partial charge on any atom is -0.424 e. The van der Waals surface area contributed by atoms with Crippen LogP contribution in [0.3, 0.4) is 0 Å². The topological polar surface area (TPSA) is 38.1 Å². The molecule has 1 heterocycles. The molecule has 0 radical (unpaired) electrons. The van der Waals surface area contributed by atoms with E-state index in [9.17, 15) is 0 Å². The number of nitrogens with zero attached hydrogens (tertiary/aromatic N) is 1. The number of hydrogen-bond acceptors (Lipinski definition) is 3. The molecule has 1 aliphatic carbocycles. The van der Waals surface area contributed by atoms with Gasteiger partial charge in [-0.3, -0.25) is 0 Å². The van der Waals surface area contributed by atoms with Crippen LogP contribution in [0.25, 0.3) is 11.1 Å². The van der Waals surface area contributed by atoms with E-state index >= 15 is 0 Å². The number of benzene rings is 1. The largest absolute Gasteiger partial charge is 0.424 e. The van der Waals surface area contributed by atoms with Gasteiger partial charge in [-0.05, 0) is 37.8 Å². The van der Waals surface area contributed by atoms with E-state index in [0.29, 0.717) is 17.4 Å². The third-order valence-electron chi connectivity index (χ3n) is 3.28. The fourth-order valence-corrected chi connectivity index (χ4v) is 2.56. The Labute approximate surface area is 105 Å². The van der Waals surface area contributed by atoms with Crippen molar-refractivity contribution in [1.29, 1.82) is 0 Å². The van der Waals surface area contributed by atoms with Crippen LogP contribution >= 0.6 is 11.6 Å². The highest BCUT2D eigenvalue weighted by Gasteiger charge is 2.20. The Kier molecular flexibility index (Phi) is 2.93. The van der Waals surface area contributed by atoms with Crippen molar-refractivity contribution in [3.63, 3.8) is 0 Å². The van der Waals surface area contributed by atoms with Gasteiger partial charge >= 0.3 is 0 Å². The van der Waals surface area contributed by atoms with E-state index in [1.54, 1.807) is 0 Å². The van der Waals surface area contributed by atoms with Crippen LogP contribution in [-0.4, -0.2) is 16.4 Å². The summed E-state index contributed by atoms with van der Waals surface area (Å²) in [6.45, 7) is 0. The van der Waals surface area contributed by atoms with Gasteiger partial charge in [-0.1, -0.05) is 12.1 Å². The van der Waals surface area contributed by atoms with Crippen LogP contribution in [0.1, 0.15) is 25.7 Å². The molecule has 1 fully saturated rings. The highest BCUT2D eigenvalue weighted by molar-refractivity contribution is 6.20. The first-order valence-electron chi connectivity index (χ1n) is 6.07. The van der Waals surface area contributed by atoms with Gasteiger partial charge in [0.15, 0.2) is 5.58 Å². The Morgan fingerprint density at radius 2 is 1.94 bits per heavy atom. The summed E-state index contributed by atoms with van der Waals surface area (Å²) in [4.78, 5) is 4.42. The van der Waals surface area contributed by atoms with Crippen molar-refractivity contribution >= 4 is 28.7 Å². The number of oxazole rings is 1. The van der Waals surface area contributed by atoms with Gasteiger partial charge in [-0.25, -0.2) is 0 Å². The number of alkyl halides is 1. The van der Waals surface area contributed by atoms with Crippen LogP contribution in [0.5, 0.6) is 0 Å². The zero-order valence-corrected chi connectivity index (χ0v) is 10.3. The van der Waals surface area contributed by atoms with E-state index in [4.69, 9.17) is 16.0 Å². The zero-order valence-electron chi connectivity index (χ0n) is 9.53. The minimum atomic E-state index is 0.344. The third-order valence-corrected chi connectivity index (χ3v) is 3.71. The molecule has 0 atom stereocenters. The van der Waals surface area contributed by atoms with Gasteiger partial charge in [0, 0.05) is 11.4 Å². The lowest BCUT2D eigenvalue weighted by atomic mass is 9.95. The van der Waals surface area contributed by atoms with Gasteiger partial charge in [0.25, 0.3) is 6.01 Å². The average Bonchev–Trinajstić information content (AvgIpc) is 2.74. The Balaban J connectivity index is 1.72. The number of para-hydroxylation sites is 2. The second kappa shape index (κ2) is 4.57. The van der Waals surface area contributed by atoms with E-state index in [0.717, 1.165) is 36.8 Å². The summed E-state index contributed by atoms with van der Waals surface area (Å²) in [5.41, 5.74) is 1.74. The number of aromatic nitrogens is 1. The molecule has 1 aromatic carbocycles. The summed E-state index contributed by atoms with van der Waals surface area (Å²) >= 11 is 6.08. The minimum absolute atomic E-state index is 0.344. The third kappa shape index (κ3) is 2.39. The summed E-state index contributed by atoms with van der Waals surface area (Å²) in [7, 11) is 0. The summed E-state index contributed by atoms with van der Waals surface area (Å²) < 4.78 is 5.64. The average molecular weight is 251 g/mol. The molecule has 2 aromatic rings. The van der Waals surface area contributed by atoms with Crippen molar-refractivity contribution < 1.29 is 4.42 Å². The van der Waals surface area contributed by atoms with Crippen LogP contribution in [0.15, 0.2) is 28.7 Å². The molecule has 0 spiro atoms. The predicted octanol–water partition coefficient (Wildman–Crippen LogP) is 3.79. The molecule has 17 heavy (non-hydrogen) atoms. The number of nitrogens with one attached hydrogen (secondary N) is 1. The molecule has 3 nitrogen and oxygen atoms in total. The molecule has 1 aromatic heterocycles. The van der Waals surface area contributed by atoms with E-state index in [1.165, 1.54) is 0 Å². The van der Waals surface area contributed by atoms with Gasteiger partial charge in [-0.2, -0.15) is 4.98 Å². The van der Waals surface area contributed by atoms with Crippen molar-refractivity contribution in [2.45, 2.75) is 37.1 Å². The predicted molar refractivity (Wildman–Crippen MR) is 69.5 cm³/mol. The van der Waals surface area contributed by atoms with Crippen LogP contribution in [0.2, 0.25) is 0 Å². The van der Waals surface area contributed by atoms with Gasteiger partial charge < -0.3 is 9.73 Å². The van der Waals surface area contributed by atoms with Crippen LogP contribution in [-0.2, 0) is 0 Å². The molecular weight excluding hydrogens is 236 g/mol. The lowest BCUT2D eigenvalue weighted by molar-refractivity contribution is 0.456. The zero-order chi connectivity index (χ0) is 11.7. The summed E-state index contributed by atoms with van der Waals surface area (Å²) in [6, 6.07) is 8.88. The van der Waals surface area contributed by atoms with E-state index in [-0.39, 0.29) is 0 Å². The molecule has 0 bridgehead atoms. The summed E-state index contributed by atoms with van der Waals surface area (Å²) in [5, 5.41) is 3.70. The summed E-state index contributed by atoms with van der Waals surface area (Å²) in [6.07, 6.45) is 4.32. The maximum atomic E-state index is 6.08. The van der Waals surface area contributed by atoms with Crippen LogP contribution in [0.4, 0.5) is 6.01 Å². The molecular formula is C13H15ClN2O. The fraction of sp³-hybridized carbons (Fsp3) is 0.462. The molecule has 4 heteroatoms. The molecule has 1 N–H and O–H groups in total. The first-order valence-corrected chi connectivity index (χ1v) is 6.51. The molecule has 0 unspecified atom stereocenters. The Morgan fingerprint density at radius 1 is 1.18 bits per heavy atom. The Hall–Kier alpha value is -1.22. The van der Waals surface area contributed by atoms with E-state index in [1.807, 2.05) is 24.3 Å². The molecule has 0 amide bonds. The number of hydrogen-bond donors (Lipinski definition) is 1. The van der Waals surface area contributed by atoms with Crippen molar-refractivity contribution in [1.82, 2.24) is 4.98 Å². The molecule has 3 rings (SSSR count). The Morgan fingerprint density at radius 3 is 2.71 bits per heavy atom. The smallest absolute Gasteiger partial charge is 0.295 e. The summed E-state index contributed by atoms with van der Waals surface area (Å²) in [5.74, 6) is 0. The quantitative estimate of drug-likeness (QED) is 0.824. The van der Waals surface area contributed by atoms with Crippen LogP contribution < -0.4 is 5.32 Å². The normalized spacial score (nSPS) is 25.0. The number of halogens is 1. The Bertz CT molecular complexity index is 470. The molecule has 1 saturated carbocycles. The fourth-order valence-electron chi connectivity index (χ4n) is 2.31. The maximum absolute atomic E-state index is 6.08. The highest BCUT2D eigenvalue weighted by Crippen LogP contribution is 2.26. The second-order valence-electron chi connectivity index (χ2n) is 4.58. The SMILES string of the molecule is ClC1CCC(Nc2nc3ccccc3o2)CC1. The van der Waals surface area contributed by atoms with Crippen molar-refractivity contribution in [3.8, 4) is 0 Å². The monoisotopic (exact) mass is 250 g/mol. The maximum Gasteiger partial charge on any atom is 0.295 e. The first-order chi connectivity index (χ1) is 8.31. The number of rotatable bonds is 2. The first kappa shape index (κ1) is 10.9. The van der Waals surface area contributed by atoms with E-state index < -0.39 is 0 Å². The van der Waals surface area contributed by atoms with Gasteiger partial charge in [0.2, 0.25) is 0 Å². The number of anilines is 1. The van der Waals surface area contributed by atoms with Gasteiger partial charge in [0.05, 0.1) is 0 Å². The standard InChI is InChI=1S/C13H15ClN2O/c14-9-5-7-10(8-6-9)15-13-16-11-3-1-2-4-12(11)17-13/h1-4,9-10H,5-8H2,(H,15,16). The van der Waals surface area contributed by atoms with Crippen molar-refractivity contribution in [3.05, 3.63) is 24.3 Å². The van der Waals surface area contributed by atoms with Gasteiger partial charge in [-0.15, -0.1) is 11.6 Å².